The number of hydrogen-bond donors (Lipinski definition) is 0. The van der Waals surface area contributed by atoms with Crippen molar-refractivity contribution in [3.8, 4) is 5.75 Å². The average molecular weight is 273 g/mol. The van der Waals surface area contributed by atoms with Crippen LogP contribution >= 0.6 is 0 Å². The lowest BCUT2D eigenvalue weighted by Gasteiger charge is -2.11. The molecule has 0 N–H and O–H groups in total. The van der Waals surface area contributed by atoms with Gasteiger partial charge in [-0.3, -0.25) is 4.79 Å². The van der Waals surface area contributed by atoms with Crippen LogP contribution in [0.25, 0.3) is 10.9 Å². The van der Waals surface area contributed by atoms with Crippen LogP contribution in [0, 0.1) is 5.92 Å². The molecule has 0 aliphatic carbocycles. The van der Waals surface area contributed by atoms with E-state index >= 15 is 0 Å². The molecule has 3 heteroatoms. The third-order valence-corrected chi connectivity index (χ3v) is 3.60. The van der Waals surface area contributed by atoms with Gasteiger partial charge in [0, 0.05) is 23.0 Å². The predicted molar refractivity (Wildman–Crippen MR) is 82.2 cm³/mol. The SMILES string of the molecule is CCC(C)C(=O)Cn1ccc2cc(OC(C)C)ccc21. The summed E-state index contributed by atoms with van der Waals surface area (Å²) in [6.45, 7) is 8.51. The van der Waals surface area contributed by atoms with E-state index in [0.29, 0.717) is 6.54 Å². The first kappa shape index (κ1) is 14.6. The summed E-state index contributed by atoms with van der Waals surface area (Å²) in [6.07, 6.45) is 3.04. The van der Waals surface area contributed by atoms with Crippen molar-refractivity contribution in [3.63, 3.8) is 0 Å². The molecule has 1 atom stereocenters. The monoisotopic (exact) mass is 273 g/mol. The first-order valence-electron chi connectivity index (χ1n) is 7.29. The molecule has 1 aromatic carbocycles. The molecule has 20 heavy (non-hydrogen) atoms. The number of rotatable bonds is 6. The van der Waals surface area contributed by atoms with Crippen LogP contribution in [0.2, 0.25) is 0 Å². The summed E-state index contributed by atoms with van der Waals surface area (Å²) in [4.78, 5) is 12.1. The lowest BCUT2D eigenvalue weighted by Crippen LogP contribution is -2.16. The molecule has 0 saturated heterocycles. The Morgan fingerprint density at radius 3 is 2.65 bits per heavy atom. The van der Waals surface area contributed by atoms with Crippen LogP contribution in [0.4, 0.5) is 0 Å². The molecule has 0 fully saturated rings. The fourth-order valence-electron chi connectivity index (χ4n) is 2.21. The van der Waals surface area contributed by atoms with Crippen LogP contribution in [-0.2, 0) is 11.3 Å². The van der Waals surface area contributed by atoms with Gasteiger partial charge < -0.3 is 9.30 Å². The zero-order valence-corrected chi connectivity index (χ0v) is 12.7. The number of aromatic nitrogens is 1. The molecule has 0 saturated carbocycles. The lowest BCUT2D eigenvalue weighted by atomic mass is 10.0. The summed E-state index contributed by atoms with van der Waals surface area (Å²) in [5.74, 6) is 1.28. The molecular formula is C17H23NO2. The Bertz CT molecular complexity index is 598. The quantitative estimate of drug-likeness (QED) is 0.795. The van der Waals surface area contributed by atoms with Gasteiger partial charge in [0.05, 0.1) is 12.6 Å². The van der Waals surface area contributed by atoms with Crippen molar-refractivity contribution in [3.05, 3.63) is 30.5 Å². The second-order valence-electron chi connectivity index (χ2n) is 5.61. The number of fused-ring (bicyclic) bond motifs is 1. The van der Waals surface area contributed by atoms with Crippen molar-refractivity contribution in [1.82, 2.24) is 4.57 Å². The normalized spacial score (nSPS) is 12.8. The minimum atomic E-state index is 0.121. The highest BCUT2D eigenvalue weighted by Crippen LogP contribution is 2.23. The molecule has 2 aromatic rings. The summed E-state index contributed by atoms with van der Waals surface area (Å²) in [5.41, 5.74) is 1.08. The van der Waals surface area contributed by atoms with Crippen LogP contribution in [-0.4, -0.2) is 16.5 Å². The molecule has 0 aliphatic rings. The molecule has 0 radical (unpaired) electrons. The number of benzene rings is 1. The third kappa shape index (κ3) is 3.21. The Morgan fingerprint density at radius 1 is 1.25 bits per heavy atom. The minimum Gasteiger partial charge on any atom is -0.491 e. The maximum absolute atomic E-state index is 12.1. The summed E-state index contributed by atoms with van der Waals surface area (Å²) < 4.78 is 7.71. The first-order valence-corrected chi connectivity index (χ1v) is 7.29. The Balaban J connectivity index is 2.22. The second-order valence-corrected chi connectivity index (χ2v) is 5.61. The van der Waals surface area contributed by atoms with Gasteiger partial charge in [-0.05, 0) is 44.5 Å². The van der Waals surface area contributed by atoms with Crippen LogP contribution < -0.4 is 4.74 Å². The van der Waals surface area contributed by atoms with E-state index in [2.05, 4.69) is 0 Å². The van der Waals surface area contributed by atoms with Crippen molar-refractivity contribution in [2.24, 2.45) is 5.92 Å². The number of ketones is 1. The molecule has 1 aromatic heterocycles. The van der Waals surface area contributed by atoms with Gasteiger partial charge in [0.1, 0.15) is 5.75 Å². The molecule has 0 spiro atoms. The van der Waals surface area contributed by atoms with Crippen molar-refractivity contribution in [2.75, 3.05) is 0 Å². The standard InChI is InChI=1S/C17H23NO2/c1-5-13(4)17(19)11-18-9-8-14-10-15(20-12(2)3)6-7-16(14)18/h6-10,12-13H,5,11H2,1-4H3. The van der Waals surface area contributed by atoms with Crippen molar-refractivity contribution < 1.29 is 9.53 Å². The third-order valence-electron chi connectivity index (χ3n) is 3.60. The van der Waals surface area contributed by atoms with Gasteiger partial charge in [-0.15, -0.1) is 0 Å². The van der Waals surface area contributed by atoms with Gasteiger partial charge in [0.2, 0.25) is 0 Å². The van der Waals surface area contributed by atoms with E-state index in [4.69, 9.17) is 4.74 Å². The van der Waals surface area contributed by atoms with Gasteiger partial charge >= 0.3 is 0 Å². The topological polar surface area (TPSA) is 31.2 Å². The number of carbonyl (C=O) groups excluding carboxylic acids is 1. The highest BCUT2D eigenvalue weighted by Gasteiger charge is 2.12. The highest BCUT2D eigenvalue weighted by atomic mass is 16.5. The molecule has 3 nitrogen and oxygen atoms in total. The molecule has 1 unspecified atom stereocenters. The van der Waals surface area contributed by atoms with E-state index in [1.54, 1.807) is 0 Å². The summed E-state index contributed by atoms with van der Waals surface area (Å²) >= 11 is 0. The fourth-order valence-corrected chi connectivity index (χ4v) is 2.21. The fraction of sp³-hybridized carbons (Fsp3) is 0.471. The van der Waals surface area contributed by atoms with E-state index < -0.39 is 0 Å². The summed E-state index contributed by atoms with van der Waals surface area (Å²) in [7, 11) is 0. The van der Waals surface area contributed by atoms with Crippen LogP contribution in [0.15, 0.2) is 30.5 Å². The zero-order valence-electron chi connectivity index (χ0n) is 12.7. The minimum absolute atomic E-state index is 0.121. The van der Waals surface area contributed by atoms with E-state index in [9.17, 15) is 4.79 Å². The maximum Gasteiger partial charge on any atom is 0.155 e. The molecular weight excluding hydrogens is 250 g/mol. The van der Waals surface area contributed by atoms with Gasteiger partial charge in [0.25, 0.3) is 0 Å². The maximum atomic E-state index is 12.1. The smallest absolute Gasteiger partial charge is 0.155 e. The number of nitrogens with zero attached hydrogens (tertiary/aromatic N) is 1. The first-order chi connectivity index (χ1) is 9.51. The number of ether oxygens (including phenoxy) is 1. The van der Waals surface area contributed by atoms with Gasteiger partial charge in [-0.25, -0.2) is 0 Å². The predicted octanol–water partition coefficient (Wildman–Crippen LogP) is 4.04. The Morgan fingerprint density at radius 2 is 2.00 bits per heavy atom. The molecule has 108 valence electrons. The van der Waals surface area contributed by atoms with Gasteiger partial charge in [0.15, 0.2) is 5.78 Å². The van der Waals surface area contributed by atoms with Crippen molar-refractivity contribution in [1.29, 1.82) is 0 Å². The Hall–Kier alpha value is -1.77. The number of Topliss-reactive ketones (excluding diaryl/α,β-unsaturated/α-hetero) is 1. The second kappa shape index (κ2) is 6.12. The van der Waals surface area contributed by atoms with Gasteiger partial charge in [-0.1, -0.05) is 13.8 Å². The van der Waals surface area contributed by atoms with E-state index in [0.717, 1.165) is 23.1 Å². The summed E-state index contributed by atoms with van der Waals surface area (Å²) in [6, 6.07) is 8.05. The van der Waals surface area contributed by atoms with Crippen molar-refractivity contribution >= 4 is 16.7 Å². The van der Waals surface area contributed by atoms with E-state index in [-0.39, 0.29) is 17.8 Å². The Labute approximate surface area is 120 Å². The molecule has 2 rings (SSSR count). The van der Waals surface area contributed by atoms with Crippen LogP contribution in [0.5, 0.6) is 5.75 Å². The largest absolute Gasteiger partial charge is 0.491 e. The van der Waals surface area contributed by atoms with E-state index in [1.165, 1.54) is 0 Å². The van der Waals surface area contributed by atoms with Crippen molar-refractivity contribution in [2.45, 2.75) is 46.8 Å². The summed E-state index contributed by atoms with van der Waals surface area (Å²) in [5, 5.41) is 1.11. The molecule has 0 aliphatic heterocycles. The average Bonchev–Trinajstić information content (AvgIpc) is 2.79. The lowest BCUT2D eigenvalue weighted by molar-refractivity contribution is -0.122. The zero-order chi connectivity index (χ0) is 14.7. The molecule has 0 amide bonds. The highest BCUT2D eigenvalue weighted by molar-refractivity contribution is 5.85. The van der Waals surface area contributed by atoms with Crippen LogP contribution in [0.1, 0.15) is 34.1 Å². The van der Waals surface area contributed by atoms with Gasteiger partial charge in [-0.2, -0.15) is 0 Å². The van der Waals surface area contributed by atoms with Crippen LogP contribution in [0.3, 0.4) is 0 Å². The Kier molecular flexibility index (Phi) is 4.48. The number of hydrogen-bond acceptors (Lipinski definition) is 2. The molecule has 1 heterocycles. The molecule has 0 bridgehead atoms. The van der Waals surface area contributed by atoms with E-state index in [1.807, 2.05) is 62.7 Å². The number of carbonyl (C=O) groups is 1.